The third kappa shape index (κ3) is 4.62. The number of rotatable bonds is 7. The molecule has 0 fully saturated rings. The molecule has 0 unspecified atom stereocenters. The number of primary amides is 1. The SMILES string of the molecule is Cc1csc(C(=O)Nc2ccc3c(c2)OC(F)(F)O3)c1NCCc1ccnc(C(N)=O)c1. The van der Waals surface area contributed by atoms with Crippen LogP contribution in [-0.2, 0) is 6.42 Å². The van der Waals surface area contributed by atoms with Gasteiger partial charge in [-0.1, -0.05) is 0 Å². The molecule has 2 amide bonds. The van der Waals surface area contributed by atoms with E-state index in [-0.39, 0.29) is 17.2 Å². The van der Waals surface area contributed by atoms with Gasteiger partial charge in [0, 0.05) is 24.5 Å². The summed E-state index contributed by atoms with van der Waals surface area (Å²) in [6, 6.07) is 7.45. The van der Waals surface area contributed by atoms with E-state index in [2.05, 4.69) is 25.1 Å². The Morgan fingerprint density at radius 3 is 2.75 bits per heavy atom. The molecule has 11 heteroatoms. The number of carbonyl (C=O) groups excluding carboxylic acids is 2. The highest BCUT2D eigenvalue weighted by Crippen LogP contribution is 2.42. The number of pyridine rings is 1. The molecule has 0 saturated carbocycles. The Labute approximate surface area is 185 Å². The third-order valence-electron chi connectivity index (χ3n) is 4.63. The molecule has 4 N–H and O–H groups in total. The number of alkyl halides is 2. The van der Waals surface area contributed by atoms with Crippen LogP contribution in [0.15, 0.2) is 41.9 Å². The predicted molar refractivity (Wildman–Crippen MR) is 115 cm³/mol. The minimum atomic E-state index is -3.72. The predicted octanol–water partition coefficient (Wildman–Crippen LogP) is 3.78. The van der Waals surface area contributed by atoms with E-state index in [1.807, 2.05) is 12.3 Å². The molecule has 0 aliphatic carbocycles. The number of hydrogen-bond donors (Lipinski definition) is 3. The average molecular weight is 460 g/mol. The first-order valence-electron chi connectivity index (χ1n) is 9.50. The second-order valence-corrected chi connectivity index (χ2v) is 7.88. The highest BCUT2D eigenvalue weighted by Gasteiger charge is 2.43. The summed E-state index contributed by atoms with van der Waals surface area (Å²) in [6.45, 7) is 2.37. The second kappa shape index (κ2) is 8.42. The van der Waals surface area contributed by atoms with Crippen molar-refractivity contribution in [1.29, 1.82) is 0 Å². The number of fused-ring (bicyclic) bond motifs is 1. The van der Waals surface area contributed by atoms with E-state index < -0.39 is 18.1 Å². The van der Waals surface area contributed by atoms with Gasteiger partial charge in [-0.15, -0.1) is 20.1 Å². The molecule has 166 valence electrons. The van der Waals surface area contributed by atoms with Gasteiger partial charge >= 0.3 is 6.29 Å². The molecule has 0 spiro atoms. The number of ether oxygens (including phenoxy) is 2. The van der Waals surface area contributed by atoms with Crippen molar-refractivity contribution in [2.75, 3.05) is 17.2 Å². The number of benzene rings is 1. The van der Waals surface area contributed by atoms with Gasteiger partial charge in [0.1, 0.15) is 10.6 Å². The number of nitrogens with one attached hydrogen (secondary N) is 2. The number of carbonyl (C=O) groups is 2. The molecule has 0 bridgehead atoms. The molecule has 3 aromatic rings. The quantitative estimate of drug-likeness (QED) is 0.494. The molecule has 4 rings (SSSR count). The van der Waals surface area contributed by atoms with Crippen LogP contribution in [0.5, 0.6) is 11.5 Å². The Morgan fingerprint density at radius 2 is 1.97 bits per heavy atom. The minimum absolute atomic E-state index is 0.0991. The summed E-state index contributed by atoms with van der Waals surface area (Å²) < 4.78 is 35.2. The van der Waals surface area contributed by atoms with Crippen molar-refractivity contribution >= 4 is 34.5 Å². The van der Waals surface area contributed by atoms with E-state index in [0.29, 0.717) is 29.2 Å². The van der Waals surface area contributed by atoms with Gasteiger partial charge in [0.05, 0.1) is 5.69 Å². The monoisotopic (exact) mass is 460 g/mol. The van der Waals surface area contributed by atoms with E-state index in [1.165, 1.54) is 35.7 Å². The number of halogens is 2. The number of thiophene rings is 1. The van der Waals surface area contributed by atoms with Crippen LogP contribution in [0.3, 0.4) is 0 Å². The van der Waals surface area contributed by atoms with E-state index in [0.717, 1.165) is 11.1 Å². The fourth-order valence-electron chi connectivity index (χ4n) is 3.14. The van der Waals surface area contributed by atoms with Crippen molar-refractivity contribution in [3.63, 3.8) is 0 Å². The lowest BCUT2D eigenvalue weighted by atomic mass is 10.1. The van der Waals surface area contributed by atoms with Gasteiger partial charge in [-0.3, -0.25) is 14.6 Å². The third-order valence-corrected chi connectivity index (χ3v) is 5.73. The molecular weight excluding hydrogens is 442 g/mol. The van der Waals surface area contributed by atoms with Gasteiger partial charge in [0.2, 0.25) is 0 Å². The van der Waals surface area contributed by atoms with Crippen LogP contribution in [0.25, 0.3) is 0 Å². The number of amides is 2. The maximum absolute atomic E-state index is 13.2. The molecule has 2 aromatic heterocycles. The Bertz CT molecular complexity index is 1200. The normalized spacial score (nSPS) is 13.6. The smallest absolute Gasteiger partial charge is 0.395 e. The number of nitrogens with two attached hydrogens (primary N) is 1. The van der Waals surface area contributed by atoms with Gasteiger partial charge in [-0.05, 0) is 54.1 Å². The van der Waals surface area contributed by atoms with Gasteiger partial charge in [0.25, 0.3) is 11.8 Å². The van der Waals surface area contributed by atoms with Crippen LogP contribution in [0.4, 0.5) is 20.2 Å². The summed E-state index contributed by atoms with van der Waals surface area (Å²) in [5, 5.41) is 7.78. The number of anilines is 2. The fraction of sp³-hybridized carbons (Fsp3) is 0.190. The summed E-state index contributed by atoms with van der Waals surface area (Å²) in [4.78, 5) is 28.4. The van der Waals surface area contributed by atoms with Crippen LogP contribution >= 0.6 is 11.3 Å². The van der Waals surface area contributed by atoms with Crippen molar-refractivity contribution in [2.45, 2.75) is 19.6 Å². The van der Waals surface area contributed by atoms with Crippen LogP contribution < -0.4 is 25.8 Å². The molecular formula is C21H18F2N4O4S. The molecule has 32 heavy (non-hydrogen) atoms. The Balaban J connectivity index is 1.42. The van der Waals surface area contributed by atoms with E-state index in [4.69, 9.17) is 5.73 Å². The lowest BCUT2D eigenvalue weighted by Gasteiger charge is -2.10. The van der Waals surface area contributed by atoms with Crippen LogP contribution in [0.1, 0.15) is 31.3 Å². The standard InChI is InChI=1S/C21H18F2N4O4S/c1-11-10-32-18(17(11)26-7-5-12-4-6-25-14(8-12)19(24)28)20(29)27-13-2-3-15-16(9-13)31-21(22,23)30-15/h2-4,6,8-10,26H,5,7H2,1H3,(H2,24,28)(H,27,29). The molecule has 3 heterocycles. The summed E-state index contributed by atoms with van der Waals surface area (Å²) >= 11 is 1.26. The Kier molecular flexibility index (Phi) is 5.66. The average Bonchev–Trinajstić information content (AvgIpc) is 3.25. The minimum Gasteiger partial charge on any atom is -0.395 e. The van der Waals surface area contributed by atoms with Crippen LogP contribution in [-0.4, -0.2) is 29.6 Å². The Hall–Kier alpha value is -3.73. The maximum atomic E-state index is 13.2. The van der Waals surface area contributed by atoms with Gasteiger partial charge < -0.3 is 25.8 Å². The van der Waals surface area contributed by atoms with Gasteiger partial charge in [-0.25, -0.2) is 0 Å². The zero-order valence-corrected chi connectivity index (χ0v) is 17.6. The first-order valence-corrected chi connectivity index (χ1v) is 10.4. The Morgan fingerprint density at radius 1 is 1.19 bits per heavy atom. The lowest BCUT2D eigenvalue weighted by molar-refractivity contribution is -0.286. The summed E-state index contributed by atoms with van der Waals surface area (Å²) in [7, 11) is 0. The molecule has 1 aliphatic rings. The number of nitrogens with zero attached hydrogens (tertiary/aromatic N) is 1. The molecule has 0 saturated heterocycles. The van der Waals surface area contributed by atoms with E-state index >= 15 is 0 Å². The number of aromatic nitrogens is 1. The van der Waals surface area contributed by atoms with Gasteiger partial charge in [0.15, 0.2) is 11.5 Å². The maximum Gasteiger partial charge on any atom is 0.586 e. The van der Waals surface area contributed by atoms with E-state index in [9.17, 15) is 18.4 Å². The van der Waals surface area contributed by atoms with Gasteiger partial charge in [-0.2, -0.15) is 0 Å². The first kappa shape index (κ1) is 21.5. The van der Waals surface area contributed by atoms with Crippen LogP contribution in [0.2, 0.25) is 0 Å². The van der Waals surface area contributed by atoms with Crippen LogP contribution in [0, 0.1) is 6.92 Å². The zero-order valence-electron chi connectivity index (χ0n) is 16.8. The van der Waals surface area contributed by atoms with Crippen molar-refractivity contribution in [1.82, 2.24) is 4.98 Å². The molecule has 1 aliphatic heterocycles. The number of hydrogen-bond acceptors (Lipinski definition) is 7. The highest BCUT2D eigenvalue weighted by molar-refractivity contribution is 7.13. The summed E-state index contributed by atoms with van der Waals surface area (Å²) in [5.74, 6) is -1.24. The first-order chi connectivity index (χ1) is 15.2. The number of aryl methyl sites for hydroxylation is 1. The zero-order chi connectivity index (χ0) is 22.9. The van der Waals surface area contributed by atoms with Crippen molar-refractivity contribution in [3.05, 3.63) is 63.6 Å². The largest absolute Gasteiger partial charge is 0.586 e. The van der Waals surface area contributed by atoms with Crippen molar-refractivity contribution < 1.29 is 27.8 Å². The molecule has 8 nitrogen and oxygen atoms in total. The fourth-order valence-corrected chi connectivity index (χ4v) is 4.06. The molecule has 0 atom stereocenters. The van der Waals surface area contributed by atoms with Crippen molar-refractivity contribution in [3.8, 4) is 11.5 Å². The lowest BCUT2D eigenvalue weighted by Crippen LogP contribution is -2.25. The van der Waals surface area contributed by atoms with E-state index in [1.54, 1.807) is 12.1 Å². The summed E-state index contributed by atoms with van der Waals surface area (Å²) in [6.07, 6.45) is -1.62. The second-order valence-electron chi connectivity index (χ2n) is 7.00. The topological polar surface area (TPSA) is 116 Å². The summed E-state index contributed by atoms with van der Waals surface area (Å²) in [5.41, 5.74) is 8.17. The molecule has 1 aromatic carbocycles. The van der Waals surface area contributed by atoms with Crippen molar-refractivity contribution in [2.24, 2.45) is 5.73 Å². The highest BCUT2D eigenvalue weighted by atomic mass is 32.1. The molecule has 0 radical (unpaired) electrons.